The van der Waals surface area contributed by atoms with E-state index in [1.165, 1.54) is 0 Å². The summed E-state index contributed by atoms with van der Waals surface area (Å²) in [4.78, 5) is 4.24. The fraction of sp³-hybridized carbons (Fsp3) is 0.143. The molecule has 124 valence electrons. The summed E-state index contributed by atoms with van der Waals surface area (Å²) in [5.41, 5.74) is 11.0. The highest BCUT2D eigenvalue weighted by Crippen LogP contribution is 2.32. The smallest absolute Gasteiger partial charge is 0.142 e. The van der Waals surface area contributed by atoms with Crippen molar-refractivity contribution in [2.24, 2.45) is 0 Å². The molecular formula is C21H19N3O. The van der Waals surface area contributed by atoms with Crippen molar-refractivity contribution in [2.45, 2.75) is 20.5 Å². The lowest BCUT2D eigenvalue weighted by molar-refractivity contribution is 0.306. The van der Waals surface area contributed by atoms with Crippen LogP contribution in [0.5, 0.6) is 5.75 Å². The van der Waals surface area contributed by atoms with Crippen LogP contribution >= 0.6 is 0 Å². The van der Waals surface area contributed by atoms with E-state index in [0.717, 1.165) is 33.7 Å². The van der Waals surface area contributed by atoms with Crippen molar-refractivity contribution >= 4 is 5.82 Å². The third kappa shape index (κ3) is 3.46. The van der Waals surface area contributed by atoms with E-state index in [4.69, 9.17) is 10.5 Å². The number of nitrogens with two attached hydrogens (primary N) is 1. The Labute approximate surface area is 147 Å². The molecule has 0 amide bonds. The maximum Gasteiger partial charge on any atom is 0.142 e. The summed E-state index contributed by atoms with van der Waals surface area (Å²) in [6, 6.07) is 19.9. The van der Waals surface area contributed by atoms with Crippen molar-refractivity contribution < 1.29 is 4.74 Å². The van der Waals surface area contributed by atoms with E-state index in [2.05, 4.69) is 11.1 Å². The predicted molar refractivity (Wildman–Crippen MR) is 99.0 cm³/mol. The second-order valence-corrected chi connectivity index (χ2v) is 5.87. The van der Waals surface area contributed by atoms with Crippen LogP contribution in [0, 0.1) is 25.2 Å². The molecule has 3 rings (SSSR count). The molecule has 1 heterocycles. The van der Waals surface area contributed by atoms with Gasteiger partial charge in [0.2, 0.25) is 0 Å². The standard InChI is InChI=1S/C21H19N3O/c1-14-15(2)24-21(23)19(12-22)20(14)17-8-10-18(11-9-17)25-13-16-6-4-3-5-7-16/h3-11H,13H2,1-2H3,(H2,23,24). The minimum absolute atomic E-state index is 0.269. The number of anilines is 1. The van der Waals surface area contributed by atoms with E-state index >= 15 is 0 Å². The Morgan fingerprint density at radius 3 is 2.36 bits per heavy atom. The highest BCUT2D eigenvalue weighted by Gasteiger charge is 2.15. The van der Waals surface area contributed by atoms with Crippen LogP contribution in [0.2, 0.25) is 0 Å². The zero-order chi connectivity index (χ0) is 17.8. The van der Waals surface area contributed by atoms with Crippen LogP contribution in [0.4, 0.5) is 5.82 Å². The minimum Gasteiger partial charge on any atom is -0.489 e. The van der Waals surface area contributed by atoms with Crippen LogP contribution in [0.1, 0.15) is 22.4 Å². The van der Waals surface area contributed by atoms with Gasteiger partial charge < -0.3 is 10.5 Å². The van der Waals surface area contributed by atoms with Gasteiger partial charge in [0.1, 0.15) is 29.8 Å². The predicted octanol–water partition coefficient (Wildman–Crippen LogP) is 4.40. The van der Waals surface area contributed by atoms with Crippen molar-refractivity contribution in [3.8, 4) is 22.9 Å². The molecule has 2 N–H and O–H groups in total. The van der Waals surface area contributed by atoms with Crippen molar-refractivity contribution in [3.05, 3.63) is 77.0 Å². The molecule has 0 aliphatic carbocycles. The first-order valence-electron chi connectivity index (χ1n) is 8.04. The van der Waals surface area contributed by atoms with Crippen LogP contribution in [0.3, 0.4) is 0 Å². The number of nitrogen functional groups attached to an aromatic ring is 1. The first-order valence-corrected chi connectivity index (χ1v) is 8.04. The first-order chi connectivity index (χ1) is 12.1. The Hall–Kier alpha value is -3.32. The Balaban J connectivity index is 1.87. The summed E-state index contributed by atoms with van der Waals surface area (Å²) in [6.07, 6.45) is 0. The average molecular weight is 329 g/mol. The molecule has 0 spiro atoms. The molecule has 0 saturated heterocycles. The van der Waals surface area contributed by atoms with Gasteiger partial charge in [-0.05, 0) is 42.7 Å². The molecule has 0 atom stereocenters. The van der Waals surface area contributed by atoms with Crippen LogP contribution in [-0.4, -0.2) is 4.98 Å². The summed E-state index contributed by atoms with van der Waals surface area (Å²) in [6.45, 7) is 4.37. The highest BCUT2D eigenvalue weighted by atomic mass is 16.5. The average Bonchev–Trinajstić information content (AvgIpc) is 2.64. The fourth-order valence-electron chi connectivity index (χ4n) is 2.75. The van der Waals surface area contributed by atoms with Crippen LogP contribution in [0.15, 0.2) is 54.6 Å². The highest BCUT2D eigenvalue weighted by molar-refractivity contribution is 5.79. The van der Waals surface area contributed by atoms with Gasteiger partial charge in [-0.25, -0.2) is 4.98 Å². The molecule has 0 saturated carbocycles. The fourth-order valence-corrected chi connectivity index (χ4v) is 2.75. The Morgan fingerprint density at radius 1 is 1.04 bits per heavy atom. The van der Waals surface area contributed by atoms with Gasteiger partial charge in [0.25, 0.3) is 0 Å². The van der Waals surface area contributed by atoms with Gasteiger partial charge in [0.15, 0.2) is 0 Å². The third-order valence-electron chi connectivity index (χ3n) is 4.22. The Bertz CT molecular complexity index is 926. The van der Waals surface area contributed by atoms with Crippen LogP contribution in [-0.2, 0) is 6.61 Å². The molecule has 4 heteroatoms. The van der Waals surface area contributed by atoms with Gasteiger partial charge in [0.05, 0.1) is 0 Å². The summed E-state index contributed by atoms with van der Waals surface area (Å²) in [5.74, 6) is 1.05. The third-order valence-corrected chi connectivity index (χ3v) is 4.22. The molecule has 1 aromatic heterocycles. The molecule has 0 radical (unpaired) electrons. The van der Waals surface area contributed by atoms with Gasteiger partial charge in [-0.2, -0.15) is 5.26 Å². The summed E-state index contributed by atoms with van der Waals surface area (Å²) in [5, 5.41) is 9.45. The monoisotopic (exact) mass is 329 g/mol. The largest absolute Gasteiger partial charge is 0.489 e. The SMILES string of the molecule is Cc1nc(N)c(C#N)c(-c2ccc(OCc3ccccc3)cc2)c1C. The van der Waals surface area contributed by atoms with Crippen molar-refractivity contribution in [2.75, 3.05) is 5.73 Å². The van der Waals surface area contributed by atoms with E-state index < -0.39 is 0 Å². The summed E-state index contributed by atoms with van der Waals surface area (Å²) >= 11 is 0. The van der Waals surface area contributed by atoms with Gasteiger partial charge >= 0.3 is 0 Å². The normalized spacial score (nSPS) is 10.3. The van der Waals surface area contributed by atoms with Crippen LogP contribution < -0.4 is 10.5 Å². The number of rotatable bonds is 4. The number of nitrogens with zero attached hydrogens (tertiary/aromatic N) is 2. The Morgan fingerprint density at radius 2 is 1.72 bits per heavy atom. The molecule has 4 nitrogen and oxygen atoms in total. The van der Waals surface area contributed by atoms with Crippen molar-refractivity contribution in [1.29, 1.82) is 5.26 Å². The molecule has 3 aromatic rings. The summed E-state index contributed by atoms with van der Waals surface area (Å²) < 4.78 is 5.82. The van der Waals surface area contributed by atoms with Crippen molar-refractivity contribution in [1.82, 2.24) is 4.98 Å². The second-order valence-electron chi connectivity index (χ2n) is 5.87. The van der Waals surface area contributed by atoms with Gasteiger partial charge in [-0.3, -0.25) is 0 Å². The zero-order valence-electron chi connectivity index (χ0n) is 14.3. The quantitative estimate of drug-likeness (QED) is 0.770. The minimum atomic E-state index is 0.269. The number of aromatic nitrogens is 1. The van der Waals surface area contributed by atoms with Gasteiger partial charge in [-0.1, -0.05) is 42.5 Å². The first kappa shape index (κ1) is 16.5. The number of pyridine rings is 1. The van der Waals surface area contributed by atoms with E-state index in [-0.39, 0.29) is 5.82 Å². The molecule has 0 aliphatic rings. The number of benzene rings is 2. The van der Waals surface area contributed by atoms with E-state index in [1.54, 1.807) is 0 Å². The van der Waals surface area contributed by atoms with Crippen molar-refractivity contribution in [3.63, 3.8) is 0 Å². The molecule has 2 aromatic carbocycles. The molecule has 0 unspecified atom stereocenters. The van der Waals surface area contributed by atoms with E-state index in [9.17, 15) is 5.26 Å². The molecule has 0 fully saturated rings. The van der Waals surface area contributed by atoms with Gasteiger partial charge in [-0.15, -0.1) is 0 Å². The summed E-state index contributed by atoms with van der Waals surface area (Å²) in [7, 11) is 0. The van der Waals surface area contributed by atoms with Gasteiger partial charge in [0, 0.05) is 11.3 Å². The number of hydrogen-bond donors (Lipinski definition) is 1. The molecule has 25 heavy (non-hydrogen) atoms. The molecular weight excluding hydrogens is 310 g/mol. The lowest BCUT2D eigenvalue weighted by atomic mass is 9.95. The second kappa shape index (κ2) is 7.06. The number of ether oxygens (including phenoxy) is 1. The van der Waals surface area contributed by atoms with E-state index in [1.807, 2.05) is 68.4 Å². The maximum atomic E-state index is 9.45. The number of hydrogen-bond acceptors (Lipinski definition) is 4. The lowest BCUT2D eigenvalue weighted by Crippen LogP contribution is -2.03. The molecule has 0 aliphatic heterocycles. The number of nitriles is 1. The van der Waals surface area contributed by atoms with E-state index in [0.29, 0.717) is 12.2 Å². The molecule has 0 bridgehead atoms. The zero-order valence-corrected chi connectivity index (χ0v) is 14.3. The lowest BCUT2D eigenvalue weighted by Gasteiger charge is -2.13. The van der Waals surface area contributed by atoms with Crippen LogP contribution in [0.25, 0.3) is 11.1 Å². The topological polar surface area (TPSA) is 71.9 Å². The maximum absolute atomic E-state index is 9.45. The number of aryl methyl sites for hydroxylation is 1. The Kier molecular flexibility index (Phi) is 4.67.